The first kappa shape index (κ1) is 22.3. The summed E-state index contributed by atoms with van der Waals surface area (Å²) >= 11 is 4.91. The van der Waals surface area contributed by atoms with Gasteiger partial charge in [-0.1, -0.05) is 0 Å². The second-order valence-corrected chi connectivity index (χ2v) is 7.75. The van der Waals surface area contributed by atoms with E-state index in [2.05, 4.69) is 0 Å². The molecule has 0 aromatic carbocycles. The summed E-state index contributed by atoms with van der Waals surface area (Å²) in [5.74, 6) is 0. The maximum atomic E-state index is 9.76. The lowest BCUT2D eigenvalue weighted by atomic mass is 10.00. The topological polar surface area (TPSA) is 199 Å². The summed E-state index contributed by atoms with van der Waals surface area (Å²) in [6.45, 7) is -0.732. The number of ether oxygens (including phenoxy) is 2. The Morgan fingerprint density at radius 1 is 0.615 bits per heavy atom. The minimum absolute atomic E-state index is 0.366. The molecular weight excluding hydrogens is 399 g/mol. The van der Waals surface area contributed by atoms with Crippen molar-refractivity contribution in [3.63, 3.8) is 0 Å². The standard InChI is InChI=1S/C12H22O12PS/c13-5-3(23-11(19)9(17)7(5)15)1-21-25(26)22-2-4-6(14)8(16)10(18)12(20)24-4/h3-20H,1-2H2/q+1/t3-,4-,5+,6+,7+,8+,9-,10-,11?,12?/m1/s1. The monoisotopic (exact) mass is 421 g/mol. The average molecular weight is 421 g/mol. The van der Waals surface area contributed by atoms with Gasteiger partial charge in [0.1, 0.15) is 62.0 Å². The highest BCUT2D eigenvalue weighted by molar-refractivity contribution is 8.00. The third kappa shape index (κ3) is 5.10. The third-order valence-electron chi connectivity index (χ3n) is 4.06. The molecule has 0 bridgehead atoms. The highest BCUT2D eigenvalue weighted by Crippen LogP contribution is 2.29. The Labute approximate surface area is 153 Å². The molecule has 10 atom stereocenters. The van der Waals surface area contributed by atoms with Crippen LogP contribution < -0.4 is 0 Å². The molecule has 0 radical (unpaired) electrons. The smallest absolute Gasteiger partial charge is 0.387 e. The highest BCUT2D eigenvalue weighted by atomic mass is 32.4. The Bertz CT molecular complexity index is 445. The van der Waals surface area contributed by atoms with E-state index in [1.165, 1.54) is 0 Å². The maximum Gasteiger partial charge on any atom is 0.521 e. The summed E-state index contributed by atoms with van der Waals surface area (Å²) in [5, 5.41) is 76.2. The molecular formula is C12H22O12PS+. The van der Waals surface area contributed by atoms with E-state index in [-0.39, 0.29) is 13.2 Å². The first-order chi connectivity index (χ1) is 12.1. The molecule has 14 heteroatoms. The van der Waals surface area contributed by atoms with Gasteiger partial charge in [-0.2, -0.15) is 0 Å². The number of hydrogen-bond acceptors (Lipinski definition) is 13. The van der Waals surface area contributed by atoms with Crippen LogP contribution in [-0.2, 0) is 30.3 Å². The van der Waals surface area contributed by atoms with Gasteiger partial charge in [0, 0.05) is 0 Å². The molecule has 2 heterocycles. The molecule has 2 unspecified atom stereocenters. The van der Waals surface area contributed by atoms with Crippen LogP contribution in [0.5, 0.6) is 0 Å². The molecule has 2 aliphatic heterocycles. The zero-order valence-corrected chi connectivity index (χ0v) is 15.0. The molecule has 0 saturated carbocycles. The molecule has 0 aromatic heterocycles. The van der Waals surface area contributed by atoms with Crippen LogP contribution in [0.1, 0.15) is 0 Å². The van der Waals surface area contributed by atoms with E-state index in [0.717, 1.165) is 0 Å². The van der Waals surface area contributed by atoms with Gasteiger partial charge in [-0.3, -0.25) is 0 Å². The van der Waals surface area contributed by atoms with Crippen molar-refractivity contribution >= 4 is 19.0 Å². The molecule has 152 valence electrons. The Hall–Kier alpha value is 0.0400. The normalized spacial score (nSPS) is 47.6. The molecule has 12 nitrogen and oxygen atoms in total. The predicted octanol–water partition coefficient (Wildman–Crippen LogP) is -4.61. The molecule has 0 spiro atoms. The molecule has 2 saturated heterocycles. The largest absolute Gasteiger partial charge is 0.521 e. The van der Waals surface area contributed by atoms with Gasteiger partial charge in [0.25, 0.3) is 0 Å². The van der Waals surface area contributed by atoms with Crippen molar-refractivity contribution in [3.05, 3.63) is 0 Å². The minimum Gasteiger partial charge on any atom is -0.387 e. The summed E-state index contributed by atoms with van der Waals surface area (Å²) < 4.78 is 20.1. The molecule has 2 rings (SSSR count). The van der Waals surface area contributed by atoms with Crippen molar-refractivity contribution < 1.29 is 59.4 Å². The van der Waals surface area contributed by atoms with Gasteiger partial charge in [-0.25, -0.2) is 0 Å². The van der Waals surface area contributed by atoms with Gasteiger partial charge in [-0.15, -0.1) is 9.05 Å². The van der Waals surface area contributed by atoms with Crippen LogP contribution in [0.15, 0.2) is 0 Å². The van der Waals surface area contributed by atoms with Crippen molar-refractivity contribution in [1.82, 2.24) is 0 Å². The Morgan fingerprint density at radius 3 is 1.31 bits per heavy atom. The van der Waals surface area contributed by atoms with Crippen molar-refractivity contribution in [2.24, 2.45) is 0 Å². The van der Waals surface area contributed by atoms with Gasteiger partial charge in [0.2, 0.25) is 11.8 Å². The Balaban J connectivity index is 1.77. The molecule has 0 aromatic rings. The van der Waals surface area contributed by atoms with Crippen molar-refractivity contribution in [2.75, 3.05) is 13.2 Å². The van der Waals surface area contributed by atoms with Crippen LogP contribution in [-0.4, -0.2) is 115 Å². The zero-order valence-electron chi connectivity index (χ0n) is 13.3. The number of aliphatic hydroxyl groups excluding tert-OH is 8. The predicted molar refractivity (Wildman–Crippen MR) is 84.0 cm³/mol. The van der Waals surface area contributed by atoms with Gasteiger partial charge < -0.3 is 50.3 Å². The summed E-state index contributed by atoms with van der Waals surface area (Å²) in [5.41, 5.74) is 0. The molecule has 0 amide bonds. The van der Waals surface area contributed by atoms with Gasteiger partial charge in [-0.05, 0) is 0 Å². The summed E-state index contributed by atoms with van der Waals surface area (Å²) in [6, 6.07) is 0. The van der Waals surface area contributed by atoms with Crippen molar-refractivity contribution in [2.45, 2.75) is 61.4 Å². The van der Waals surface area contributed by atoms with Crippen LogP contribution in [0, 0.1) is 0 Å². The van der Waals surface area contributed by atoms with E-state index >= 15 is 0 Å². The summed E-state index contributed by atoms with van der Waals surface area (Å²) in [7, 11) is -2.00. The lowest BCUT2D eigenvalue weighted by Crippen LogP contribution is -2.58. The zero-order chi connectivity index (χ0) is 19.6. The van der Waals surface area contributed by atoms with Crippen LogP contribution >= 0.6 is 7.15 Å². The lowest BCUT2D eigenvalue weighted by molar-refractivity contribution is -0.286. The Kier molecular flexibility index (Phi) is 8.15. The van der Waals surface area contributed by atoms with Gasteiger partial charge in [0.15, 0.2) is 12.6 Å². The van der Waals surface area contributed by atoms with Gasteiger partial charge in [0.05, 0.1) is 0 Å². The summed E-state index contributed by atoms with van der Waals surface area (Å²) in [6.07, 6.45) is -15.4. The SMILES string of the molecule is OC1O[C@H](CO[P+](=S)OC[C@H]2OC(O)[C@H](O)[C@@H](O)[C@H]2O)[C@H](O)[C@H](O)[C@H]1O. The second-order valence-electron chi connectivity index (χ2n) is 5.89. The third-order valence-corrected chi connectivity index (χ3v) is 5.41. The second kappa shape index (κ2) is 9.49. The van der Waals surface area contributed by atoms with Crippen molar-refractivity contribution in [3.8, 4) is 0 Å². The minimum atomic E-state index is -2.00. The Morgan fingerprint density at radius 2 is 0.962 bits per heavy atom. The van der Waals surface area contributed by atoms with E-state index in [1.54, 1.807) is 0 Å². The molecule has 2 fully saturated rings. The molecule has 2 aliphatic rings. The highest BCUT2D eigenvalue weighted by Gasteiger charge is 2.45. The summed E-state index contributed by atoms with van der Waals surface area (Å²) in [4.78, 5) is 0. The van der Waals surface area contributed by atoms with E-state index in [9.17, 15) is 40.9 Å². The lowest BCUT2D eigenvalue weighted by Gasteiger charge is -2.37. The van der Waals surface area contributed by atoms with E-state index in [1.807, 2.05) is 0 Å². The number of rotatable bonds is 6. The average Bonchev–Trinajstić information content (AvgIpc) is 2.61. The van der Waals surface area contributed by atoms with Crippen LogP contribution in [0.25, 0.3) is 0 Å². The molecule has 8 N–H and O–H groups in total. The fraction of sp³-hybridized carbons (Fsp3) is 1.00. The quantitative estimate of drug-likeness (QED) is 0.191. The molecule has 0 aliphatic carbocycles. The first-order valence-corrected chi connectivity index (χ1v) is 9.81. The van der Waals surface area contributed by atoms with E-state index < -0.39 is 68.6 Å². The number of aliphatic hydroxyl groups is 8. The van der Waals surface area contributed by atoms with E-state index in [4.69, 9.17) is 30.3 Å². The first-order valence-electron chi connectivity index (χ1n) is 7.62. The van der Waals surface area contributed by atoms with E-state index in [0.29, 0.717) is 0 Å². The van der Waals surface area contributed by atoms with Gasteiger partial charge >= 0.3 is 7.15 Å². The maximum absolute atomic E-state index is 9.76. The fourth-order valence-corrected chi connectivity index (χ4v) is 3.42. The van der Waals surface area contributed by atoms with Crippen molar-refractivity contribution in [1.29, 1.82) is 0 Å². The van der Waals surface area contributed by atoms with Crippen LogP contribution in [0.2, 0.25) is 0 Å². The number of hydrogen-bond donors (Lipinski definition) is 8. The van der Waals surface area contributed by atoms with Crippen LogP contribution in [0.4, 0.5) is 0 Å². The fourth-order valence-electron chi connectivity index (χ4n) is 2.44. The molecule has 26 heavy (non-hydrogen) atoms. The van der Waals surface area contributed by atoms with Crippen LogP contribution in [0.3, 0.4) is 0 Å².